The van der Waals surface area contributed by atoms with Crippen LogP contribution in [0.25, 0.3) is 0 Å². The molecule has 192 valence electrons. The van der Waals surface area contributed by atoms with Crippen molar-refractivity contribution in [3.05, 3.63) is 47.2 Å². The van der Waals surface area contributed by atoms with E-state index in [1.165, 1.54) is 6.92 Å². The first-order chi connectivity index (χ1) is 17.2. The molecule has 0 radical (unpaired) electrons. The third-order valence-electron chi connectivity index (χ3n) is 8.06. The molecular weight excluding hydrogens is 462 g/mol. The number of ether oxygens (including phenoxy) is 2. The van der Waals surface area contributed by atoms with Crippen molar-refractivity contribution in [2.75, 3.05) is 13.2 Å². The van der Waals surface area contributed by atoms with Gasteiger partial charge in [-0.05, 0) is 62.8 Å². The van der Waals surface area contributed by atoms with Gasteiger partial charge >= 0.3 is 18.0 Å². The Bertz CT molecular complexity index is 1100. The summed E-state index contributed by atoms with van der Waals surface area (Å²) in [4.78, 5) is 51.0. The third kappa shape index (κ3) is 4.47. The van der Waals surface area contributed by atoms with Crippen molar-refractivity contribution >= 4 is 23.9 Å². The molecule has 0 unspecified atom stereocenters. The normalized spacial score (nSPS) is 32.4. The topological polar surface area (TPSA) is 123 Å². The Labute approximate surface area is 210 Å². The van der Waals surface area contributed by atoms with Crippen LogP contribution in [-0.2, 0) is 23.9 Å². The van der Waals surface area contributed by atoms with E-state index >= 15 is 0 Å². The first-order valence-corrected chi connectivity index (χ1v) is 12.7. The number of rotatable bonds is 7. The highest BCUT2D eigenvalue weighted by Gasteiger charge is 2.61. The van der Waals surface area contributed by atoms with Crippen LogP contribution in [0.3, 0.4) is 0 Å². The molecule has 3 atom stereocenters. The smallest absolute Gasteiger partial charge is 0.338 e. The standard InChI is InChI=1S/C27H33N3O6/c1-3-35-23(32)21-20(28-25(34)29-22(21)19-7-5-4-6-8-19)14-36-24(33)26-10-17-9-18(11-26)13-27(12-17,15-26)30-16(2)31/h4-8,17-18,22H,3,9-15H2,1-2H3,(H,30,31)(H2,28,29,34)/t17-,18-,22-,26?,27?/m0/s1. The van der Waals surface area contributed by atoms with E-state index in [-0.39, 0.29) is 41.9 Å². The average molecular weight is 496 g/mol. The molecule has 4 aliphatic carbocycles. The predicted molar refractivity (Wildman–Crippen MR) is 129 cm³/mol. The second-order valence-corrected chi connectivity index (χ2v) is 10.8. The van der Waals surface area contributed by atoms with Gasteiger partial charge in [0.1, 0.15) is 6.61 Å². The van der Waals surface area contributed by atoms with E-state index in [2.05, 4.69) is 16.0 Å². The average Bonchev–Trinajstić information content (AvgIpc) is 2.81. The molecule has 0 saturated heterocycles. The van der Waals surface area contributed by atoms with Crippen LogP contribution in [0.4, 0.5) is 4.79 Å². The molecule has 1 aromatic carbocycles. The molecule has 4 fully saturated rings. The summed E-state index contributed by atoms with van der Waals surface area (Å²) in [5.41, 5.74) is 0.146. The molecule has 9 heteroatoms. The number of benzene rings is 1. The number of esters is 2. The van der Waals surface area contributed by atoms with E-state index in [1.54, 1.807) is 6.92 Å². The minimum absolute atomic E-state index is 0.0749. The molecule has 36 heavy (non-hydrogen) atoms. The number of nitrogens with one attached hydrogen (secondary N) is 3. The lowest BCUT2D eigenvalue weighted by atomic mass is 9.47. The molecular formula is C27H33N3O6. The lowest BCUT2D eigenvalue weighted by Gasteiger charge is -2.60. The van der Waals surface area contributed by atoms with Crippen molar-refractivity contribution in [1.29, 1.82) is 0 Å². The third-order valence-corrected chi connectivity index (χ3v) is 8.06. The highest BCUT2D eigenvalue weighted by atomic mass is 16.5. The summed E-state index contributed by atoms with van der Waals surface area (Å²) in [5.74, 6) is -0.230. The van der Waals surface area contributed by atoms with Crippen LogP contribution in [-0.4, -0.2) is 42.6 Å². The number of amides is 3. The molecule has 9 nitrogen and oxygen atoms in total. The Morgan fingerprint density at radius 3 is 2.39 bits per heavy atom. The maximum Gasteiger partial charge on any atom is 0.338 e. The summed E-state index contributed by atoms with van der Waals surface area (Å²) in [6.07, 6.45) is 4.93. The van der Waals surface area contributed by atoms with E-state index < -0.39 is 23.5 Å². The van der Waals surface area contributed by atoms with Gasteiger partial charge in [0, 0.05) is 12.5 Å². The van der Waals surface area contributed by atoms with Crippen molar-refractivity contribution in [2.24, 2.45) is 17.3 Å². The fourth-order valence-corrected chi connectivity index (χ4v) is 7.39. The second-order valence-electron chi connectivity index (χ2n) is 10.8. The summed E-state index contributed by atoms with van der Waals surface area (Å²) in [7, 11) is 0. The molecule has 0 aromatic heterocycles. The lowest BCUT2D eigenvalue weighted by Crippen LogP contribution is -2.64. The lowest BCUT2D eigenvalue weighted by molar-refractivity contribution is -0.175. The Hall–Kier alpha value is -3.36. The summed E-state index contributed by atoms with van der Waals surface area (Å²) in [6, 6.07) is 7.92. The number of hydrogen-bond donors (Lipinski definition) is 3. The zero-order valence-electron chi connectivity index (χ0n) is 20.7. The molecule has 0 spiro atoms. The minimum atomic E-state index is -0.727. The van der Waals surface area contributed by atoms with Gasteiger partial charge in [-0.15, -0.1) is 0 Å². The van der Waals surface area contributed by atoms with E-state index in [0.29, 0.717) is 18.3 Å². The second kappa shape index (κ2) is 9.26. The highest BCUT2D eigenvalue weighted by molar-refractivity contribution is 5.95. The van der Waals surface area contributed by atoms with Crippen molar-refractivity contribution < 1.29 is 28.7 Å². The summed E-state index contributed by atoms with van der Waals surface area (Å²) in [5, 5.41) is 8.60. The number of urea groups is 1. The largest absolute Gasteiger partial charge is 0.463 e. The van der Waals surface area contributed by atoms with Crippen molar-refractivity contribution in [3.8, 4) is 0 Å². The first-order valence-electron chi connectivity index (χ1n) is 12.7. The summed E-state index contributed by atoms with van der Waals surface area (Å²) in [6.45, 7) is 3.16. The monoisotopic (exact) mass is 495 g/mol. The van der Waals surface area contributed by atoms with Crippen molar-refractivity contribution in [2.45, 2.75) is 64.0 Å². The molecule has 3 amide bonds. The van der Waals surface area contributed by atoms with Crippen LogP contribution in [0.5, 0.6) is 0 Å². The fourth-order valence-electron chi connectivity index (χ4n) is 7.39. The van der Waals surface area contributed by atoms with Crippen molar-refractivity contribution in [3.63, 3.8) is 0 Å². The van der Waals surface area contributed by atoms with Gasteiger partial charge in [0.25, 0.3) is 0 Å². The molecule has 1 aliphatic heterocycles. The number of hydrogen-bond acceptors (Lipinski definition) is 6. The van der Waals surface area contributed by atoms with Gasteiger partial charge in [0.15, 0.2) is 0 Å². The predicted octanol–water partition coefficient (Wildman–Crippen LogP) is 2.88. The zero-order valence-corrected chi connectivity index (χ0v) is 20.7. The molecule has 3 N–H and O–H groups in total. The molecule has 5 aliphatic rings. The Morgan fingerprint density at radius 1 is 1.06 bits per heavy atom. The van der Waals surface area contributed by atoms with Gasteiger partial charge in [-0.2, -0.15) is 0 Å². The van der Waals surface area contributed by atoms with Gasteiger partial charge in [-0.1, -0.05) is 30.3 Å². The van der Waals surface area contributed by atoms with Gasteiger partial charge in [-0.25, -0.2) is 9.59 Å². The Kier molecular flexibility index (Phi) is 6.26. The molecule has 4 saturated carbocycles. The number of carbonyl (C=O) groups excluding carboxylic acids is 4. The van der Waals surface area contributed by atoms with Gasteiger partial charge < -0.3 is 25.4 Å². The molecule has 1 aromatic rings. The quantitative estimate of drug-likeness (QED) is 0.500. The van der Waals surface area contributed by atoms with E-state index in [1.807, 2.05) is 30.3 Å². The summed E-state index contributed by atoms with van der Waals surface area (Å²) >= 11 is 0. The van der Waals surface area contributed by atoms with Gasteiger partial charge in [0.2, 0.25) is 5.91 Å². The summed E-state index contributed by atoms with van der Waals surface area (Å²) < 4.78 is 11.1. The maximum absolute atomic E-state index is 13.6. The van der Waals surface area contributed by atoms with Crippen LogP contribution in [0.15, 0.2) is 41.6 Å². The minimum Gasteiger partial charge on any atom is -0.463 e. The Balaban J connectivity index is 1.40. The number of carbonyl (C=O) groups is 4. The van der Waals surface area contributed by atoms with Crippen LogP contribution in [0.1, 0.15) is 64.0 Å². The Morgan fingerprint density at radius 2 is 1.75 bits per heavy atom. The van der Waals surface area contributed by atoms with Crippen LogP contribution in [0, 0.1) is 17.3 Å². The molecule has 1 heterocycles. The van der Waals surface area contributed by atoms with Crippen LogP contribution < -0.4 is 16.0 Å². The highest BCUT2D eigenvalue weighted by Crippen LogP contribution is 2.62. The zero-order chi connectivity index (χ0) is 25.5. The molecule has 4 bridgehead atoms. The van der Waals surface area contributed by atoms with E-state index in [4.69, 9.17) is 9.47 Å². The fraction of sp³-hybridized carbons (Fsp3) is 0.556. The van der Waals surface area contributed by atoms with E-state index in [9.17, 15) is 19.2 Å². The van der Waals surface area contributed by atoms with Gasteiger partial charge in [-0.3, -0.25) is 9.59 Å². The van der Waals surface area contributed by atoms with E-state index in [0.717, 1.165) is 37.7 Å². The van der Waals surface area contributed by atoms with Gasteiger partial charge in [0.05, 0.1) is 29.3 Å². The van der Waals surface area contributed by atoms with Crippen LogP contribution in [0.2, 0.25) is 0 Å². The van der Waals surface area contributed by atoms with Crippen molar-refractivity contribution in [1.82, 2.24) is 16.0 Å². The SMILES string of the molecule is CCOC(=O)C1=C(COC(=O)C23C[C@@H]4C[C@H](CC(NC(C)=O)(C4)C2)C3)NC(=O)N[C@H]1c1ccccc1. The molecule has 6 rings (SSSR count). The van der Waals surface area contributed by atoms with Crippen LogP contribution >= 0.6 is 0 Å². The first kappa shape index (κ1) is 24.3. The maximum atomic E-state index is 13.6.